The number of ether oxygens (including phenoxy) is 1. The highest BCUT2D eigenvalue weighted by Crippen LogP contribution is 2.30. The first-order valence-electron chi connectivity index (χ1n) is 5.86. The van der Waals surface area contributed by atoms with Gasteiger partial charge in [0.2, 0.25) is 0 Å². The van der Waals surface area contributed by atoms with Crippen LogP contribution in [0.25, 0.3) is 0 Å². The molecule has 0 aromatic heterocycles. The van der Waals surface area contributed by atoms with Crippen molar-refractivity contribution in [3.63, 3.8) is 0 Å². The Kier molecular flexibility index (Phi) is 4.19. The van der Waals surface area contributed by atoms with Crippen molar-refractivity contribution in [2.75, 3.05) is 18.5 Å². The molecule has 0 saturated carbocycles. The molecule has 6 heteroatoms. The number of halogens is 1. The Morgan fingerprint density at radius 3 is 3.00 bits per heavy atom. The molecule has 98 valence electrons. The highest BCUT2D eigenvalue weighted by atomic mass is 79.9. The van der Waals surface area contributed by atoms with Crippen molar-refractivity contribution in [3.05, 3.63) is 32.8 Å². The van der Waals surface area contributed by atoms with Crippen LogP contribution in [0.2, 0.25) is 0 Å². The van der Waals surface area contributed by atoms with Crippen LogP contribution in [0.3, 0.4) is 0 Å². The van der Waals surface area contributed by atoms with E-state index in [0.717, 1.165) is 19.6 Å². The second kappa shape index (κ2) is 5.67. The third-order valence-electron chi connectivity index (χ3n) is 3.21. The molecule has 2 unspecified atom stereocenters. The van der Waals surface area contributed by atoms with Crippen molar-refractivity contribution in [1.82, 2.24) is 0 Å². The zero-order valence-electron chi connectivity index (χ0n) is 10.1. The van der Waals surface area contributed by atoms with Gasteiger partial charge in [0.05, 0.1) is 11.5 Å². The van der Waals surface area contributed by atoms with Crippen molar-refractivity contribution >= 4 is 27.3 Å². The number of nitro benzene ring substituents is 1. The first-order valence-corrected chi connectivity index (χ1v) is 6.65. The molecule has 1 aromatic carbocycles. The summed E-state index contributed by atoms with van der Waals surface area (Å²) in [5, 5.41) is 14.2. The standard InChI is InChI=1S/C12H15BrN2O3/c1-8(9-4-5-18-7-9)14-11-3-2-10(13)6-12(11)15(16)17/h2-3,6,8-9,14H,4-5,7H2,1H3. The number of hydrogen-bond donors (Lipinski definition) is 1. The van der Waals surface area contributed by atoms with Crippen LogP contribution in [-0.4, -0.2) is 24.2 Å². The van der Waals surface area contributed by atoms with Crippen LogP contribution in [0.4, 0.5) is 11.4 Å². The maximum atomic E-state index is 11.0. The number of rotatable bonds is 4. The SMILES string of the molecule is CC(Nc1ccc(Br)cc1[N+](=O)[O-])C1CCOC1. The lowest BCUT2D eigenvalue weighted by Gasteiger charge is -2.20. The van der Waals surface area contributed by atoms with Crippen LogP contribution < -0.4 is 5.32 Å². The Morgan fingerprint density at radius 1 is 1.61 bits per heavy atom. The summed E-state index contributed by atoms with van der Waals surface area (Å²) in [5.74, 6) is 0.410. The molecule has 1 N–H and O–H groups in total. The number of nitrogens with one attached hydrogen (secondary N) is 1. The molecule has 1 fully saturated rings. The molecule has 1 aliphatic rings. The topological polar surface area (TPSA) is 64.4 Å². The van der Waals surface area contributed by atoms with Crippen LogP contribution in [0.5, 0.6) is 0 Å². The number of hydrogen-bond acceptors (Lipinski definition) is 4. The number of nitro groups is 1. The Balaban J connectivity index is 2.15. The lowest BCUT2D eigenvalue weighted by molar-refractivity contribution is -0.384. The van der Waals surface area contributed by atoms with Gasteiger partial charge < -0.3 is 10.1 Å². The maximum absolute atomic E-state index is 11.0. The summed E-state index contributed by atoms with van der Waals surface area (Å²) in [6.07, 6.45) is 0.999. The van der Waals surface area contributed by atoms with Crippen LogP contribution in [-0.2, 0) is 4.74 Å². The second-order valence-corrected chi connectivity index (χ2v) is 5.39. The molecular weight excluding hydrogens is 300 g/mol. The van der Waals surface area contributed by atoms with Crippen molar-refractivity contribution in [2.24, 2.45) is 5.92 Å². The molecule has 0 amide bonds. The quantitative estimate of drug-likeness (QED) is 0.684. The van der Waals surface area contributed by atoms with Gasteiger partial charge >= 0.3 is 0 Å². The minimum atomic E-state index is -0.370. The molecule has 1 saturated heterocycles. The second-order valence-electron chi connectivity index (χ2n) is 4.48. The van der Waals surface area contributed by atoms with Crippen LogP contribution >= 0.6 is 15.9 Å². The Labute approximate surface area is 114 Å². The molecule has 0 spiro atoms. The molecular formula is C12H15BrN2O3. The summed E-state index contributed by atoms with van der Waals surface area (Å²) in [7, 11) is 0. The van der Waals surface area contributed by atoms with E-state index in [1.54, 1.807) is 12.1 Å². The van der Waals surface area contributed by atoms with Crippen LogP contribution in [0.1, 0.15) is 13.3 Å². The summed E-state index contributed by atoms with van der Waals surface area (Å²) in [6.45, 7) is 3.53. The minimum Gasteiger partial charge on any atom is -0.381 e. The van der Waals surface area contributed by atoms with Gasteiger partial charge in [-0.25, -0.2) is 0 Å². The number of anilines is 1. The van der Waals surface area contributed by atoms with E-state index < -0.39 is 0 Å². The third kappa shape index (κ3) is 3.00. The van der Waals surface area contributed by atoms with Crippen molar-refractivity contribution in [1.29, 1.82) is 0 Å². The molecule has 0 bridgehead atoms. The first-order chi connectivity index (χ1) is 8.58. The summed E-state index contributed by atoms with van der Waals surface area (Å²) in [5.41, 5.74) is 0.651. The molecule has 18 heavy (non-hydrogen) atoms. The first kappa shape index (κ1) is 13.3. The van der Waals surface area contributed by atoms with Gasteiger partial charge in [-0.15, -0.1) is 0 Å². The van der Waals surface area contributed by atoms with Crippen LogP contribution in [0.15, 0.2) is 22.7 Å². The molecule has 1 aromatic rings. The zero-order valence-corrected chi connectivity index (χ0v) is 11.6. The zero-order chi connectivity index (χ0) is 13.1. The normalized spacial score (nSPS) is 20.7. The fraction of sp³-hybridized carbons (Fsp3) is 0.500. The molecule has 2 atom stereocenters. The van der Waals surface area contributed by atoms with E-state index in [1.807, 2.05) is 6.92 Å². The van der Waals surface area contributed by atoms with Crippen molar-refractivity contribution in [2.45, 2.75) is 19.4 Å². The number of nitrogens with zero attached hydrogens (tertiary/aromatic N) is 1. The molecule has 2 rings (SSSR count). The Morgan fingerprint density at radius 2 is 2.39 bits per heavy atom. The predicted octanol–water partition coefficient (Wildman–Crippen LogP) is 3.19. The van der Waals surface area contributed by atoms with Gasteiger partial charge in [0.25, 0.3) is 5.69 Å². The predicted molar refractivity (Wildman–Crippen MR) is 72.8 cm³/mol. The van der Waals surface area contributed by atoms with E-state index in [1.165, 1.54) is 6.07 Å². The summed E-state index contributed by atoms with van der Waals surface area (Å²) in [4.78, 5) is 10.6. The fourth-order valence-electron chi connectivity index (χ4n) is 2.09. The summed E-state index contributed by atoms with van der Waals surface area (Å²) in [6, 6.07) is 5.20. The molecule has 0 aliphatic carbocycles. The van der Waals surface area contributed by atoms with E-state index >= 15 is 0 Å². The van der Waals surface area contributed by atoms with E-state index in [2.05, 4.69) is 21.2 Å². The van der Waals surface area contributed by atoms with E-state index in [-0.39, 0.29) is 16.7 Å². The van der Waals surface area contributed by atoms with E-state index in [0.29, 0.717) is 16.1 Å². The lowest BCUT2D eigenvalue weighted by Crippen LogP contribution is -2.26. The fourth-order valence-corrected chi connectivity index (χ4v) is 2.44. The van der Waals surface area contributed by atoms with E-state index in [4.69, 9.17) is 4.74 Å². The largest absolute Gasteiger partial charge is 0.381 e. The average Bonchev–Trinajstić information content (AvgIpc) is 2.84. The number of benzene rings is 1. The Hall–Kier alpha value is -1.14. The van der Waals surface area contributed by atoms with Crippen molar-refractivity contribution in [3.8, 4) is 0 Å². The summed E-state index contributed by atoms with van der Waals surface area (Å²) >= 11 is 3.24. The molecule has 0 radical (unpaired) electrons. The third-order valence-corrected chi connectivity index (χ3v) is 3.70. The van der Waals surface area contributed by atoms with Crippen molar-refractivity contribution < 1.29 is 9.66 Å². The average molecular weight is 315 g/mol. The van der Waals surface area contributed by atoms with Gasteiger partial charge in [-0.1, -0.05) is 15.9 Å². The summed E-state index contributed by atoms with van der Waals surface area (Å²) < 4.78 is 6.04. The van der Waals surface area contributed by atoms with Gasteiger partial charge in [0.15, 0.2) is 0 Å². The van der Waals surface area contributed by atoms with Gasteiger partial charge in [0, 0.05) is 29.1 Å². The highest BCUT2D eigenvalue weighted by molar-refractivity contribution is 9.10. The molecule has 1 aliphatic heterocycles. The minimum absolute atomic E-state index is 0.0927. The maximum Gasteiger partial charge on any atom is 0.293 e. The van der Waals surface area contributed by atoms with Gasteiger partial charge in [0.1, 0.15) is 5.69 Å². The van der Waals surface area contributed by atoms with E-state index in [9.17, 15) is 10.1 Å². The highest BCUT2D eigenvalue weighted by Gasteiger charge is 2.24. The molecule has 5 nitrogen and oxygen atoms in total. The van der Waals surface area contributed by atoms with Gasteiger partial charge in [-0.05, 0) is 25.5 Å². The monoisotopic (exact) mass is 314 g/mol. The smallest absolute Gasteiger partial charge is 0.293 e. The van der Waals surface area contributed by atoms with Crippen LogP contribution in [0, 0.1) is 16.0 Å². The van der Waals surface area contributed by atoms with Gasteiger partial charge in [-0.3, -0.25) is 10.1 Å². The Bertz CT molecular complexity index is 447. The molecule has 1 heterocycles. The lowest BCUT2D eigenvalue weighted by atomic mass is 10.0. The van der Waals surface area contributed by atoms with Gasteiger partial charge in [-0.2, -0.15) is 0 Å².